The molecule has 4 nitrogen and oxygen atoms in total. The molecular weight excluding hydrogens is 250 g/mol. The van der Waals surface area contributed by atoms with E-state index in [0.717, 1.165) is 24.1 Å². The van der Waals surface area contributed by atoms with Crippen LogP contribution in [0.4, 0.5) is 10.5 Å². The fourth-order valence-corrected chi connectivity index (χ4v) is 1.35. The molecule has 0 unspecified atom stereocenters. The lowest BCUT2D eigenvalue weighted by molar-refractivity contribution is 0.256. The maximum absolute atomic E-state index is 11.5. The fraction of sp³-hybridized carbons (Fsp3) is 0.385. The van der Waals surface area contributed by atoms with Crippen molar-refractivity contribution in [1.29, 1.82) is 5.41 Å². The van der Waals surface area contributed by atoms with Gasteiger partial charge in [0.25, 0.3) is 0 Å². The first-order chi connectivity index (χ1) is 8.11. The van der Waals surface area contributed by atoms with Crippen molar-refractivity contribution in [2.75, 3.05) is 5.32 Å². The van der Waals surface area contributed by atoms with Gasteiger partial charge in [0.2, 0.25) is 0 Å². The first-order valence-corrected chi connectivity index (χ1v) is 5.84. The maximum Gasteiger partial charge on any atom is 0.324 e. The van der Waals surface area contributed by atoms with Crippen molar-refractivity contribution >= 4 is 30.0 Å². The molecule has 0 saturated carbocycles. The van der Waals surface area contributed by atoms with Gasteiger partial charge >= 0.3 is 6.03 Å². The second kappa shape index (κ2) is 8.53. The number of amides is 2. The minimum atomic E-state index is -0.352. The summed E-state index contributed by atoms with van der Waals surface area (Å²) in [5, 5.41) is 12.7. The lowest BCUT2D eigenvalue weighted by Crippen LogP contribution is -2.33. The largest absolute Gasteiger partial charge is 0.324 e. The number of unbranched alkanes of at least 4 members (excludes halogenated alkanes) is 1. The number of hydrogen-bond acceptors (Lipinski definition) is 2. The number of hydrogen-bond donors (Lipinski definition) is 3. The van der Waals surface area contributed by atoms with Crippen LogP contribution in [0.15, 0.2) is 24.3 Å². The molecular formula is C13H20ClN3O. The third-order valence-electron chi connectivity index (χ3n) is 2.35. The number of carbonyl (C=O) groups is 1. The fourth-order valence-electron chi connectivity index (χ4n) is 1.35. The van der Waals surface area contributed by atoms with Crippen LogP contribution in [-0.4, -0.2) is 11.9 Å². The molecule has 0 radical (unpaired) electrons. The topological polar surface area (TPSA) is 65.0 Å². The van der Waals surface area contributed by atoms with Gasteiger partial charge in [0, 0.05) is 12.1 Å². The molecule has 0 aliphatic carbocycles. The number of carbonyl (C=O) groups excluding carboxylic acids is 1. The van der Waals surface area contributed by atoms with E-state index in [4.69, 9.17) is 5.41 Å². The molecule has 5 heteroatoms. The van der Waals surface area contributed by atoms with Gasteiger partial charge in [-0.25, -0.2) is 4.79 Å². The van der Waals surface area contributed by atoms with Crippen LogP contribution in [0.2, 0.25) is 0 Å². The molecule has 18 heavy (non-hydrogen) atoms. The summed E-state index contributed by atoms with van der Waals surface area (Å²) in [6.07, 6.45) is 2.55. The van der Waals surface area contributed by atoms with Crippen LogP contribution in [0.3, 0.4) is 0 Å². The summed E-state index contributed by atoms with van der Waals surface area (Å²) < 4.78 is 0. The first kappa shape index (κ1) is 16.4. The van der Waals surface area contributed by atoms with Crippen LogP contribution in [0, 0.1) is 12.3 Å². The highest BCUT2D eigenvalue weighted by Gasteiger charge is 2.03. The molecule has 0 aliphatic heterocycles. The Morgan fingerprint density at radius 1 is 1.28 bits per heavy atom. The number of nitrogens with one attached hydrogen (secondary N) is 3. The molecule has 1 rings (SSSR count). The van der Waals surface area contributed by atoms with Gasteiger partial charge in [-0.1, -0.05) is 31.0 Å². The van der Waals surface area contributed by atoms with E-state index in [1.807, 2.05) is 31.2 Å². The lowest BCUT2D eigenvalue weighted by Gasteiger charge is -2.08. The Bertz CT molecular complexity index is 390. The molecule has 0 aliphatic rings. The average molecular weight is 270 g/mol. The zero-order valence-corrected chi connectivity index (χ0v) is 11.6. The Kier molecular flexibility index (Phi) is 7.79. The minimum Gasteiger partial charge on any atom is -0.308 e. The Labute approximate surface area is 114 Å². The van der Waals surface area contributed by atoms with Gasteiger partial charge in [-0.05, 0) is 25.5 Å². The van der Waals surface area contributed by atoms with E-state index in [1.165, 1.54) is 0 Å². The summed E-state index contributed by atoms with van der Waals surface area (Å²) in [6.45, 7) is 4.05. The number of amidine groups is 1. The Balaban J connectivity index is 0.00000289. The predicted octanol–water partition coefficient (Wildman–Crippen LogP) is 3.71. The highest BCUT2D eigenvalue weighted by Crippen LogP contribution is 2.08. The van der Waals surface area contributed by atoms with Crippen LogP contribution in [0.1, 0.15) is 31.7 Å². The number of anilines is 1. The van der Waals surface area contributed by atoms with E-state index in [2.05, 4.69) is 17.6 Å². The zero-order chi connectivity index (χ0) is 12.7. The Morgan fingerprint density at radius 3 is 2.44 bits per heavy atom. The monoisotopic (exact) mass is 269 g/mol. The summed E-state index contributed by atoms with van der Waals surface area (Å²) in [5.41, 5.74) is 1.88. The number of rotatable bonds is 4. The van der Waals surface area contributed by atoms with Gasteiger partial charge < -0.3 is 5.32 Å². The third kappa shape index (κ3) is 6.25. The van der Waals surface area contributed by atoms with Gasteiger partial charge in [-0.3, -0.25) is 10.7 Å². The molecule has 3 N–H and O–H groups in total. The molecule has 0 atom stereocenters. The van der Waals surface area contributed by atoms with Crippen LogP contribution < -0.4 is 10.6 Å². The lowest BCUT2D eigenvalue weighted by atomic mass is 10.2. The van der Waals surface area contributed by atoms with E-state index in [-0.39, 0.29) is 24.3 Å². The van der Waals surface area contributed by atoms with Crippen molar-refractivity contribution < 1.29 is 4.79 Å². The predicted molar refractivity (Wildman–Crippen MR) is 77.8 cm³/mol. The number of halogens is 1. The summed E-state index contributed by atoms with van der Waals surface area (Å²) in [6, 6.07) is 7.18. The van der Waals surface area contributed by atoms with Gasteiger partial charge in [0.1, 0.15) is 5.84 Å². The molecule has 1 aromatic carbocycles. The summed E-state index contributed by atoms with van der Waals surface area (Å²) in [4.78, 5) is 11.5. The second-order valence-corrected chi connectivity index (χ2v) is 4.03. The van der Waals surface area contributed by atoms with Crippen LogP contribution in [-0.2, 0) is 0 Å². The SMILES string of the molecule is CCCCC(=N)NC(=O)Nc1ccc(C)cc1.Cl. The van der Waals surface area contributed by atoms with Crippen LogP contribution >= 0.6 is 12.4 Å². The number of benzene rings is 1. The van der Waals surface area contributed by atoms with Gasteiger partial charge in [-0.2, -0.15) is 0 Å². The molecule has 2 amide bonds. The van der Waals surface area contributed by atoms with E-state index in [9.17, 15) is 4.79 Å². The first-order valence-electron chi connectivity index (χ1n) is 5.84. The molecule has 0 heterocycles. The molecule has 0 aromatic heterocycles. The highest BCUT2D eigenvalue weighted by atomic mass is 35.5. The van der Waals surface area contributed by atoms with Crippen molar-refractivity contribution in [1.82, 2.24) is 5.32 Å². The average Bonchev–Trinajstić information content (AvgIpc) is 2.29. The standard InChI is InChI=1S/C13H19N3O.ClH/c1-3-4-5-12(14)16-13(17)15-11-8-6-10(2)7-9-11;/h6-9H,3-5H2,1-2H3,(H3,14,15,16,17);1H. The summed E-state index contributed by atoms with van der Waals surface area (Å²) >= 11 is 0. The van der Waals surface area contributed by atoms with Crippen LogP contribution in [0.5, 0.6) is 0 Å². The van der Waals surface area contributed by atoms with Crippen molar-refractivity contribution in [2.24, 2.45) is 0 Å². The van der Waals surface area contributed by atoms with Crippen LogP contribution in [0.25, 0.3) is 0 Å². The van der Waals surface area contributed by atoms with E-state index in [1.54, 1.807) is 0 Å². The normalized spacial score (nSPS) is 9.22. The summed E-state index contributed by atoms with van der Waals surface area (Å²) in [7, 11) is 0. The smallest absolute Gasteiger partial charge is 0.308 e. The van der Waals surface area contributed by atoms with E-state index < -0.39 is 0 Å². The van der Waals surface area contributed by atoms with Crippen molar-refractivity contribution in [2.45, 2.75) is 33.1 Å². The van der Waals surface area contributed by atoms with Gasteiger partial charge in [-0.15, -0.1) is 12.4 Å². The molecule has 100 valence electrons. The molecule has 0 saturated heterocycles. The molecule has 0 spiro atoms. The number of aryl methyl sites for hydroxylation is 1. The van der Waals surface area contributed by atoms with Gasteiger partial charge in [0.15, 0.2) is 0 Å². The highest BCUT2D eigenvalue weighted by molar-refractivity contribution is 6.02. The van der Waals surface area contributed by atoms with Crippen molar-refractivity contribution in [3.05, 3.63) is 29.8 Å². The second-order valence-electron chi connectivity index (χ2n) is 4.03. The van der Waals surface area contributed by atoms with E-state index >= 15 is 0 Å². The zero-order valence-electron chi connectivity index (χ0n) is 10.7. The Morgan fingerprint density at radius 2 is 1.89 bits per heavy atom. The van der Waals surface area contributed by atoms with Crippen molar-refractivity contribution in [3.63, 3.8) is 0 Å². The summed E-state index contributed by atoms with van der Waals surface area (Å²) in [5.74, 6) is 0.261. The van der Waals surface area contributed by atoms with Gasteiger partial charge in [0.05, 0.1) is 0 Å². The molecule has 1 aromatic rings. The quantitative estimate of drug-likeness (QED) is 0.566. The Hall–Kier alpha value is -1.55. The molecule has 0 fully saturated rings. The maximum atomic E-state index is 11.5. The number of urea groups is 1. The minimum absolute atomic E-state index is 0. The molecule has 0 bridgehead atoms. The third-order valence-corrected chi connectivity index (χ3v) is 2.35. The van der Waals surface area contributed by atoms with E-state index in [0.29, 0.717) is 6.42 Å². The van der Waals surface area contributed by atoms with Crippen molar-refractivity contribution in [3.8, 4) is 0 Å².